The van der Waals surface area contributed by atoms with Gasteiger partial charge in [-0.3, -0.25) is 0 Å². The van der Waals surface area contributed by atoms with Gasteiger partial charge in [-0.25, -0.2) is 0 Å². The van der Waals surface area contributed by atoms with E-state index < -0.39 is 0 Å². The summed E-state index contributed by atoms with van der Waals surface area (Å²) in [5, 5.41) is 3.63. The van der Waals surface area contributed by atoms with Crippen LogP contribution >= 0.6 is 0 Å². The van der Waals surface area contributed by atoms with E-state index in [1.165, 1.54) is 58.0 Å². The normalized spacial score (nSPS) is 20.1. The summed E-state index contributed by atoms with van der Waals surface area (Å²) in [6.07, 6.45) is 9.61. The molecule has 1 aliphatic carbocycles. The lowest BCUT2D eigenvalue weighted by atomic mass is 9.79. The van der Waals surface area contributed by atoms with Gasteiger partial charge >= 0.3 is 0 Å². The van der Waals surface area contributed by atoms with Gasteiger partial charge in [-0.1, -0.05) is 26.2 Å². The van der Waals surface area contributed by atoms with Crippen LogP contribution in [0.3, 0.4) is 0 Å². The Morgan fingerprint density at radius 2 is 1.76 bits per heavy atom. The number of hydrogen-bond donors (Lipinski definition) is 1. The summed E-state index contributed by atoms with van der Waals surface area (Å²) in [5.74, 6) is 0. The van der Waals surface area contributed by atoms with Gasteiger partial charge in [0.1, 0.15) is 0 Å². The van der Waals surface area contributed by atoms with Gasteiger partial charge in [0.25, 0.3) is 0 Å². The highest BCUT2D eigenvalue weighted by Crippen LogP contribution is 2.31. The summed E-state index contributed by atoms with van der Waals surface area (Å²) in [5.41, 5.74) is 0.444. The lowest BCUT2D eigenvalue weighted by Gasteiger charge is -2.39. The van der Waals surface area contributed by atoms with Gasteiger partial charge in [-0.05, 0) is 53.1 Å². The molecule has 0 spiro atoms. The first-order valence-corrected chi connectivity index (χ1v) is 7.56. The molecule has 0 aromatic carbocycles. The molecular weight excluding hydrogens is 208 g/mol. The van der Waals surface area contributed by atoms with E-state index in [1.807, 2.05) is 0 Å². The molecule has 0 heterocycles. The Bertz CT molecular complexity index is 195. The van der Waals surface area contributed by atoms with Crippen molar-refractivity contribution in [2.45, 2.75) is 77.3 Å². The molecule has 102 valence electrons. The Labute approximate surface area is 108 Å². The van der Waals surface area contributed by atoms with Crippen LogP contribution in [0, 0.1) is 0 Å². The first-order valence-electron chi connectivity index (χ1n) is 7.56. The molecule has 1 saturated carbocycles. The van der Waals surface area contributed by atoms with E-state index in [2.05, 4.69) is 38.0 Å². The topological polar surface area (TPSA) is 15.3 Å². The molecule has 1 N–H and O–H groups in total. The first-order chi connectivity index (χ1) is 8.13. The van der Waals surface area contributed by atoms with Crippen LogP contribution in [-0.4, -0.2) is 36.6 Å². The quantitative estimate of drug-likeness (QED) is 0.733. The van der Waals surface area contributed by atoms with E-state index in [-0.39, 0.29) is 0 Å². The zero-order chi connectivity index (χ0) is 12.7. The zero-order valence-electron chi connectivity index (χ0n) is 12.4. The molecular formula is C15H32N2. The summed E-state index contributed by atoms with van der Waals surface area (Å²) in [4.78, 5) is 2.63. The lowest BCUT2D eigenvalue weighted by molar-refractivity contribution is 0.160. The zero-order valence-corrected chi connectivity index (χ0v) is 12.4. The number of rotatable bonds is 7. The van der Waals surface area contributed by atoms with Crippen LogP contribution in [0.15, 0.2) is 0 Å². The van der Waals surface area contributed by atoms with Crippen molar-refractivity contribution in [3.8, 4) is 0 Å². The molecule has 0 aromatic rings. The van der Waals surface area contributed by atoms with Crippen molar-refractivity contribution in [1.29, 1.82) is 0 Å². The minimum atomic E-state index is 0.444. The van der Waals surface area contributed by atoms with E-state index >= 15 is 0 Å². The van der Waals surface area contributed by atoms with Crippen LogP contribution in [0.4, 0.5) is 0 Å². The van der Waals surface area contributed by atoms with Gasteiger partial charge in [0.05, 0.1) is 0 Å². The SMILES string of the molecule is CCCN(CCC1(NC)CCCCC1)C(C)C. The third-order valence-corrected chi connectivity index (χ3v) is 4.46. The molecule has 1 aliphatic rings. The Morgan fingerprint density at radius 3 is 2.24 bits per heavy atom. The van der Waals surface area contributed by atoms with Crippen molar-refractivity contribution < 1.29 is 0 Å². The minimum absolute atomic E-state index is 0.444. The maximum atomic E-state index is 3.63. The van der Waals surface area contributed by atoms with Crippen molar-refractivity contribution in [1.82, 2.24) is 10.2 Å². The van der Waals surface area contributed by atoms with Crippen LogP contribution in [0.1, 0.15) is 65.7 Å². The van der Waals surface area contributed by atoms with E-state index in [4.69, 9.17) is 0 Å². The van der Waals surface area contributed by atoms with Crippen molar-refractivity contribution in [3.05, 3.63) is 0 Å². The van der Waals surface area contributed by atoms with Crippen LogP contribution in [0.25, 0.3) is 0 Å². The molecule has 0 unspecified atom stereocenters. The Balaban J connectivity index is 2.44. The minimum Gasteiger partial charge on any atom is -0.314 e. The van der Waals surface area contributed by atoms with Gasteiger partial charge in [-0.15, -0.1) is 0 Å². The third kappa shape index (κ3) is 4.59. The maximum Gasteiger partial charge on any atom is 0.0190 e. The lowest BCUT2D eigenvalue weighted by Crippen LogP contribution is -2.47. The van der Waals surface area contributed by atoms with Crippen molar-refractivity contribution in [3.63, 3.8) is 0 Å². The molecule has 0 atom stereocenters. The summed E-state index contributed by atoms with van der Waals surface area (Å²) in [6.45, 7) is 9.43. The molecule has 1 rings (SSSR count). The van der Waals surface area contributed by atoms with Crippen molar-refractivity contribution in [2.24, 2.45) is 0 Å². The first kappa shape index (κ1) is 15.0. The van der Waals surface area contributed by atoms with Gasteiger partial charge in [-0.2, -0.15) is 0 Å². The summed E-state index contributed by atoms with van der Waals surface area (Å²) in [6, 6.07) is 0.687. The summed E-state index contributed by atoms with van der Waals surface area (Å²) < 4.78 is 0. The van der Waals surface area contributed by atoms with Gasteiger partial charge in [0, 0.05) is 18.1 Å². The Morgan fingerprint density at radius 1 is 1.12 bits per heavy atom. The fourth-order valence-electron chi connectivity index (χ4n) is 3.13. The van der Waals surface area contributed by atoms with Gasteiger partial charge < -0.3 is 10.2 Å². The molecule has 1 fully saturated rings. The number of nitrogens with zero attached hydrogens (tertiary/aromatic N) is 1. The molecule has 0 aliphatic heterocycles. The molecule has 0 amide bonds. The van der Waals surface area contributed by atoms with E-state index in [0.29, 0.717) is 11.6 Å². The summed E-state index contributed by atoms with van der Waals surface area (Å²) in [7, 11) is 2.16. The fraction of sp³-hybridized carbons (Fsp3) is 1.00. The predicted octanol–water partition coefficient (Wildman–Crippen LogP) is 3.42. The standard InChI is InChI=1S/C15H32N2/c1-5-12-17(14(2)3)13-11-15(16-4)9-7-6-8-10-15/h14,16H,5-13H2,1-4H3. The summed E-state index contributed by atoms with van der Waals surface area (Å²) >= 11 is 0. The Hall–Kier alpha value is -0.0800. The monoisotopic (exact) mass is 240 g/mol. The highest BCUT2D eigenvalue weighted by atomic mass is 15.1. The van der Waals surface area contributed by atoms with E-state index in [1.54, 1.807) is 0 Å². The molecule has 0 bridgehead atoms. The average molecular weight is 240 g/mol. The molecule has 2 nitrogen and oxygen atoms in total. The van der Waals surface area contributed by atoms with Crippen LogP contribution in [0.2, 0.25) is 0 Å². The third-order valence-electron chi connectivity index (χ3n) is 4.46. The van der Waals surface area contributed by atoms with Gasteiger partial charge in [0.2, 0.25) is 0 Å². The average Bonchev–Trinajstić information content (AvgIpc) is 2.35. The van der Waals surface area contributed by atoms with E-state index in [9.17, 15) is 0 Å². The molecule has 0 aromatic heterocycles. The van der Waals surface area contributed by atoms with Crippen LogP contribution < -0.4 is 5.32 Å². The number of nitrogens with one attached hydrogen (secondary N) is 1. The van der Waals surface area contributed by atoms with Crippen LogP contribution in [-0.2, 0) is 0 Å². The highest BCUT2D eigenvalue weighted by Gasteiger charge is 2.30. The molecule has 0 radical (unpaired) electrons. The molecule has 0 saturated heterocycles. The predicted molar refractivity (Wildman–Crippen MR) is 76.5 cm³/mol. The number of hydrogen-bond acceptors (Lipinski definition) is 2. The second-order valence-corrected chi connectivity index (χ2v) is 5.97. The smallest absolute Gasteiger partial charge is 0.0190 e. The van der Waals surface area contributed by atoms with Crippen molar-refractivity contribution >= 4 is 0 Å². The van der Waals surface area contributed by atoms with E-state index in [0.717, 1.165) is 0 Å². The van der Waals surface area contributed by atoms with Crippen LogP contribution in [0.5, 0.6) is 0 Å². The maximum absolute atomic E-state index is 3.63. The second kappa shape index (κ2) is 7.38. The molecule has 17 heavy (non-hydrogen) atoms. The Kier molecular flexibility index (Phi) is 6.50. The second-order valence-electron chi connectivity index (χ2n) is 5.97. The van der Waals surface area contributed by atoms with Gasteiger partial charge in [0.15, 0.2) is 0 Å². The highest BCUT2D eigenvalue weighted by molar-refractivity contribution is 4.90. The fourth-order valence-corrected chi connectivity index (χ4v) is 3.13. The largest absolute Gasteiger partial charge is 0.314 e. The molecule has 2 heteroatoms. The van der Waals surface area contributed by atoms with Crippen molar-refractivity contribution in [2.75, 3.05) is 20.1 Å².